The van der Waals surface area contributed by atoms with Gasteiger partial charge in [-0.3, -0.25) is 14.5 Å². The summed E-state index contributed by atoms with van der Waals surface area (Å²) in [6.07, 6.45) is 1.79. The van der Waals surface area contributed by atoms with E-state index < -0.39 is 0 Å². The van der Waals surface area contributed by atoms with Gasteiger partial charge in [0.05, 0.1) is 0 Å². The molecule has 0 radical (unpaired) electrons. The van der Waals surface area contributed by atoms with E-state index in [9.17, 15) is 14.4 Å². The van der Waals surface area contributed by atoms with Crippen molar-refractivity contribution in [3.8, 4) is 0 Å². The van der Waals surface area contributed by atoms with Gasteiger partial charge in [0.1, 0.15) is 13.1 Å². The van der Waals surface area contributed by atoms with Crippen molar-refractivity contribution >= 4 is 17.8 Å². The van der Waals surface area contributed by atoms with Crippen molar-refractivity contribution in [2.75, 3.05) is 39.8 Å². The standard InChI is InChI=1S/C13H22N4O3/c1-3-6-16(10-4-5-14-7-10)12(19)9-17-11(18)8-15(2)13(17)20/h10,14H,3-9H2,1-2H3. The Kier molecular flexibility index (Phi) is 4.59. The van der Waals surface area contributed by atoms with Crippen LogP contribution in [0.1, 0.15) is 19.8 Å². The monoisotopic (exact) mass is 282 g/mol. The number of rotatable bonds is 5. The predicted octanol–water partition coefficient (Wildman–Crippen LogP) is -0.519. The van der Waals surface area contributed by atoms with E-state index >= 15 is 0 Å². The molecule has 112 valence electrons. The molecular weight excluding hydrogens is 260 g/mol. The van der Waals surface area contributed by atoms with Gasteiger partial charge >= 0.3 is 6.03 Å². The largest absolute Gasteiger partial charge is 0.337 e. The fraction of sp³-hybridized carbons (Fsp3) is 0.769. The van der Waals surface area contributed by atoms with Crippen LogP contribution in [0.25, 0.3) is 0 Å². The maximum Gasteiger partial charge on any atom is 0.327 e. The highest BCUT2D eigenvalue weighted by molar-refractivity contribution is 6.04. The normalized spacial score (nSPS) is 22.8. The lowest BCUT2D eigenvalue weighted by molar-refractivity contribution is -0.138. The molecular formula is C13H22N4O3. The van der Waals surface area contributed by atoms with Crippen molar-refractivity contribution in [3.05, 3.63) is 0 Å². The van der Waals surface area contributed by atoms with Gasteiger partial charge in [-0.1, -0.05) is 6.92 Å². The van der Waals surface area contributed by atoms with Crippen molar-refractivity contribution in [1.82, 2.24) is 20.0 Å². The van der Waals surface area contributed by atoms with Crippen LogP contribution in [-0.4, -0.2) is 78.4 Å². The highest BCUT2D eigenvalue weighted by Crippen LogP contribution is 2.13. The number of urea groups is 1. The molecule has 2 fully saturated rings. The second-order valence-electron chi connectivity index (χ2n) is 5.35. The van der Waals surface area contributed by atoms with Crippen LogP contribution in [0.5, 0.6) is 0 Å². The minimum Gasteiger partial charge on any atom is -0.337 e. The Balaban J connectivity index is 2.01. The van der Waals surface area contributed by atoms with E-state index in [-0.39, 0.29) is 37.0 Å². The molecule has 0 spiro atoms. The first-order valence-electron chi connectivity index (χ1n) is 7.10. The third-order valence-corrected chi connectivity index (χ3v) is 3.78. The molecule has 1 unspecified atom stereocenters. The fourth-order valence-electron chi connectivity index (χ4n) is 2.71. The Hall–Kier alpha value is -1.63. The van der Waals surface area contributed by atoms with Gasteiger partial charge in [0.2, 0.25) is 5.91 Å². The summed E-state index contributed by atoms with van der Waals surface area (Å²) < 4.78 is 0. The smallest absolute Gasteiger partial charge is 0.327 e. The number of carbonyl (C=O) groups excluding carboxylic acids is 3. The molecule has 4 amide bonds. The molecule has 0 saturated carbocycles. The van der Waals surface area contributed by atoms with Gasteiger partial charge in [0, 0.05) is 26.2 Å². The van der Waals surface area contributed by atoms with Crippen molar-refractivity contribution in [2.45, 2.75) is 25.8 Å². The van der Waals surface area contributed by atoms with Crippen molar-refractivity contribution in [1.29, 1.82) is 0 Å². The van der Waals surface area contributed by atoms with Crippen molar-refractivity contribution in [3.63, 3.8) is 0 Å². The van der Waals surface area contributed by atoms with Gasteiger partial charge < -0.3 is 15.1 Å². The summed E-state index contributed by atoms with van der Waals surface area (Å²) in [5.41, 5.74) is 0. The molecule has 2 rings (SSSR count). The summed E-state index contributed by atoms with van der Waals surface area (Å²) in [6.45, 7) is 4.29. The molecule has 0 bridgehead atoms. The first kappa shape index (κ1) is 14.8. The number of nitrogens with zero attached hydrogens (tertiary/aromatic N) is 3. The maximum atomic E-state index is 12.4. The summed E-state index contributed by atoms with van der Waals surface area (Å²) in [4.78, 5) is 40.1. The summed E-state index contributed by atoms with van der Waals surface area (Å²) in [5, 5.41) is 3.23. The van der Waals surface area contributed by atoms with Crippen LogP contribution in [0.15, 0.2) is 0 Å². The van der Waals surface area contributed by atoms with Crippen LogP contribution >= 0.6 is 0 Å². The van der Waals surface area contributed by atoms with E-state index in [1.54, 1.807) is 11.9 Å². The van der Waals surface area contributed by atoms with Gasteiger partial charge in [0.25, 0.3) is 5.91 Å². The van der Waals surface area contributed by atoms with E-state index in [2.05, 4.69) is 5.32 Å². The average molecular weight is 282 g/mol. The third-order valence-electron chi connectivity index (χ3n) is 3.78. The number of hydrogen-bond donors (Lipinski definition) is 1. The van der Waals surface area contributed by atoms with Gasteiger partial charge in [-0.15, -0.1) is 0 Å². The summed E-state index contributed by atoms with van der Waals surface area (Å²) >= 11 is 0. The number of amides is 4. The zero-order chi connectivity index (χ0) is 14.7. The second kappa shape index (κ2) is 6.21. The molecule has 0 aromatic carbocycles. The number of hydrogen-bond acceptors (Lipinski definition) is 4. The molecule has 2 heterocycles. The number of carbonyl (C=O) groups is 3. The molecule has 7 heteroatoms. The number of nitrogens with one attached hydrogen (secondary N) is 1. The van der Waals surface area contributed by atoms with Gasteiger partial charge in [-0.2, -0.15) is 0 Å². The number of likely N-dealkylation sites (N-methyl/N-ethyl adjacent to an activating group) is 1. The van der Waals surface area contributed by atoms with Crippen LogP contribution in [0.4, 0.5) is 4.79 Å². The Labute approximate surface area is 118 Å². The molecule has 1 atom stereocenters. The van der Waals surface area contributed by atoms with E-state index in [1.807, 2.05) is 6.92 Å². The number of imide groups is 1. The summed E-state index contributed by atoms with van der Waals surface area (Å²) in [7, 11) is 1.56. The SMILES string of the molecule is CCCN(C(=O)CN1C(=O)CN(C)C1=O)C1CCNC1. The molecule has 7 nitrogen and oxygen atoms in total. The van der Waals surface area contributed by atoms with E-state index in [1.165, 1.54) is 4.90 Å². The molecule has 20 heavy (non-hydrogen) atoms. The Morgan fingerprint density at radius 1 is 1.45 bits per heavy atom. The first-order valence-corrected chi connectivity index (χ1v) is 7.10. The van der Waals surface area contributed by atoms with Crippen molar-refractivity contribution < 1.29 is 14.4 Å². The van der Waals surface area contributed by atoms with Crippen LogP contribution in [0, 0.1) is 0 Å². The minimum atomic E-state index is -0.385. The predicted molar refractivity (Wildman–Crippen MR) is 73.0 cm³/mol. The minimum absolute atomic E-state index is 0.0604. The topological polar surface area (TPSA) is 73.0 Å². The Morgan fingerprint density at radius 2 is 2.20 bits per heavy atom. The molecule has 2 aliphatic rings. The van der Waals surface area contributed by atoms with Crippen molar-refractivity contribution in [2.24, 2.45) is 0 Å². The Bertz CT molecular complexity index is 406. The van der Waals surface area contributed by atoms with Crippen LogP contribution in [-0.2, 0) is 9.59 Å². The molecule has 0 aromatic rings. The zero-order valence-corrected chi connectivity index (χ0v) is 12.1. The lowest BCUT2D eigenvalue weighted by Gasteiger charge is -2.29. The van der Waals surface area contributed by atoms with E-state index in [4.69, 9.17) is 0 Å². The molecule has 2 saturated heterocycles. The van der Waals surface area contributed by atoms with Crippen LogP contribution < -0.4 is 5.32 Å². The van der Waals surface area contributed by atoms with Gasteiger partial charge in [-0.25, -0.2) is 4.79 Å². The summed E-state index contributed by atoms with van der Waals surface area (Å²) in [6, 6.07) is -0.211. The second-order valence-corrected chi connectivity index (χ2v) is 5.35. The zero-order valence-electron chi connectivity index (χ0n) is 12.1. The maximum absolute atomic E-state index is 12.4. The highest BCUT2D eigenvalue weighted by atomic mass is 16.2. The Morgan fingerprint density at radius 3 is 2.70 bits per heavy atom. The van der Waals surface area contributed by atoms with Gasteiger partial charge in [-0.05, 0) is 19.4 Å². The molecule has 2 aliphatic heterocycles. The molecule has 0 aromatic heterocycles. The van der Waals surface area contributed by atoms with Crippen LogP contribution in [0.3, 0.4) is 0 Å². The summed E-state index contributed by atoms with van der Waals surface area (Å²) in [5.74, 6) is -0.440. The third kappa shape index (κ3) is 2.92. The average Bonchev–Trinajstić information content (AvgIpc) is 3.01. The van der Waals surface area contributed by atoms with E-state index in [0.29, 0.717) is 6.54 Å². The lowest BCUT2D eigenvalue weighted by atomic mass is 10.2. The lowest BCUT2D eigenvalue weighted by Crippen LogP contribution is -2.48. The molecule has 1 N–H and O–H groups in total. The highest BCUT2D eigenvalue weighted by Gasteiger charge is 2.36. The fourth-order valence-corrected chi connectivity index (χ4v) is 2.71. The van der Waals surface area contributed by atoms with E-state index in [0.717, 1.165) is 30.8 Å². The molecule has 0 aliphatic carbocycles. The van der Waals surface area contributed by atoms with Gasteiger partial charge in [0.15, 0.2) is 0 Å². The van der Waals surface area contributed by atoms with Crippen LogP contribution in [0.2, 0.25) is 0 Å². The first-order chi connectivity index (χ1) is 9.54. The quantitative estimate of drug-likeness (QED) is 0.689.